The number of carbonyl (C=O) groups is 1. The van der Waals surface area contributed by atoms with Crippen molar-refractivity contribution in [3.05, 3.63) is 28.8 Å². The molecule has 0 aliphatic heterocycles. The van der Waals surface area contributed by atoms with Crippen molar-refractivity contribution in [3.8, 4) is 0 Å². The molecular weight excluding hydrogens is 216 g/mol. The molecule has 0 saturated heterocycles. The molecule has 74 valence electrons. The highest BCUT2D eigenvalue weighted by Gasteiger charge is 2.30. The van der Waals surface area contributed by atoms with Crippen LogP contribution in [-0.4, -0.2) is 12.0 Å². The summed E-state index contributed by atoms with van der Waals surface area (Å²) in [6, 6.07) is 5.58. The minimum absolute atomic E-state index is 0.253. The highest BCUT2D eigenvalue weighted by Crippen LogP contribution is 2.34. The average molecular weight is 227 g/mol. The molecule has 1 saturated carbocycles. The Labute approximate surface area is 92.8 Å². The Morgan fingerprint density at radius 1 is 1.43 bits per heavy atom. The lowest BCUT2D eigenvalue weighted by molar-refractivity contribution is 0.0967. The average Bonchev–Trinajstić information content (AvgIpc) is 2.99. The fourth-order valence-electron chi connectivity index (χ4n) is 1.40. The van der Waals surface area contributed by atoms with Gasteiger partial charge in [-0.15, -0.1) is 11.8 Å². The fraction of sp³-hybridized carbons (Fsp3) is 0.364. The molecule has 0 atom stereocenters. The van der Waals surface area contributed by atoms with Crippen molar-refractivity contribution in [1.29, 1.82) is 0 Å². The number of Topliss-reactive ketones (excluding diaryl/α,β-unsaturated/α-hetero) is 1. The van der Waals surface area contributed by atoms with Crippen molar-refractivity contribution in [2.75, 3.05) is 6.26 Å². The molecule has 2 rings (SSSR count). The largest absolute Gasteiger partial charge is 0.294 e. The predicted molar refractivity (Wildman–Crippen MR) is 60.3 cm³/mol. The summed E-state index contributed by atoms with van der Waals surface area (Å²) in [6.07, 6.45) is 4.07. The topological polar surface area (TPSA) is 17.1 Å². The Balaban J connectivity index is 2.31. The summed E-state index contributed by atoms with van der Waals surface area (Å²) in [4.78, 5) is 12.8. The molecule has 14 heavy (non-hydrogen) atoms. The zero-order valence-electron chi connectivity index (χ0n) is 7.92. The second kappa shape index (κ2) is 3.95. The number of thioether (sulfide) groups is 1. The third-order valence-electron chi connectivity index (χ3n) is 2.34. The van der Waals surface area contributed by atoms with Crippen LogP contribution >= 0.6 is 23.4 Å². The highest BCUT2D eigenvalue weighted by molar-refractivity contribution is 7.98. The number of hydrogen-bond acceptors (Lipinski definition) is 2. The number of ketones is 1. The van der Waals surface area contributed by atoms with Crippen LogP contribution in [0.15, 0.2) is 23.1 Å². The van der Waals surface area contributed by atoms with Crippen molar-refractivity contribution in [1.82, 2.24) is 0 Å². The maximum Gasteiger partial charge on any atom is 0.166 e. The highest BCUT2D eigenvalue weighted by atomic mass is 35.5. The van der Waals surface area contributed by atoms with Gasteiger partial charge in [0.15, 0.2) is 5.78 Å². The normalized spacial score (nSPS) is 15.6. The van der Waals surface area contributed by atoms with Crippen LogP contribution in [0.1, 0.15) is 23.2 Å². The van der Waals surface area contributed by atoms with Gasteiger partial charge in [0, 0.05) is 21.4 Å². The molecule has 0 spiro atoms. The number of hydrogen-bond donors (Lipinski definition) is 0. The first-order chi connectivity index (χ1) is 6.70. The summed E-state index contributed by atoms with van der Waals surface area (Å²) in [5, 5.41) is 0.654. The van der Waals surface area contributed by atoms with Crippen LogP contribution in [0.2, 0.25) is 5.02 Å². The molecule has 0 N–H and O–H groups in total. The molecule has 1 nitrogen and oxygen atoms in total. The van der Waals surface area contributed by atoms with Crippen molar-refractivity contribution < 1.29 is 4.79 Å². The Hall–Kier alpha value is -0.470. The quantitative estimate of drug-likeness (QED) is 0.578. The lowest BCUT2D eigenvalue weighted by Crippen LogP contribution is -2.01. The summed E-state index contributed by atoms with van der Waals surface area (Å²) in [6.45, 7) is 0. The molecule has 1 aromatic carbocycles. The van der Waals surface area contributed by atoms with Gasteiger partial charge < -0.3 is 0 Å². The molecular formula is C11H11ClOS. The maximum atomic E-state index is 11.8. The van der Waals surface area contributed by atoms with Crippen LogP contribution in [0.25, 0.3) is 0 Å². The smallest absolute Gasteiger partial charge is 0.166 e. The molecule has 3 heteroatoms. The molecule has 0 amide bonds. The van der Waals surface area contributed by atoms with Gasteiger partial charge in [-0.05, 0) is 37.3 Å². The summed E-state index contributed by atoms with van der Waals surface area (Å²) in [5.74, 6) is 0.519. The first kappa shape index (κ1) is 10.1. The molecule has 0 heterocycles. The van der Waals surface area contributed by atoms with E-state index >= 15 is 0 Å². The molecule has 0 radical (unpaired) electrons. The van der Waals surface area contributed by atoms with Gasteiger partial charge in [0.05, 0.1) is 0 Å². The van der Waals surface area contributed by atoms with E-state index in [1.54, 1.807) is 17.8 Å². The van der Waals surface area contributed by atoms with Gasteiger partial charge in [-0.25, -0.2) is 0 Å². The van der Waals surface area contributed by atoms with Crippen LogP contribution in [0, 0.1) is 5.92 Å². The third kappa shape index (κ3) is 2.12. The first-order valence-electron chi connectivity index (χ1n) is 4.59. The molecule has 1 fully saturated rings. The summed E-state index contributed by atoms with van der Waals surface area (Å²) >= 11 is 7.54. The molecule has 0 aromatic heterocycles. The van der Waals surface area contributed by atoms with Crippen molar-refractivity contribution in [2.45, 2.75) is 17.7 Å². The summed E-state index contributed by atoms with van der Waals surface area (Å²) in [5.41, 5.74) is 0.768. The number of benzene rings is 1. The number of carbonyl (C=O) groups excluding carboxylic acids is 1. The zero-order chi connectivity index (χ0) is 10.1. The fourth-order valence-corrected chi connectivity index (χ4v) is 2.19. The van der Waals surface area contributed by atoms with E-state index in [1.165, 1.54) is 0 Å². The Kier molecular flexibility index (Phi) is 2.84. The Morgan fingerprint density at radius 2 is 2.14 bits per heavy atom. The standard InChI is InChI=1S/C11H11ClOS/c1-14-10-5-8(4-9(12)6-10)11(13)7-2-3-7/h4-7H,2-3H2,1H3. The third-order valence-corrected chi connectivity index (χ3v) is 3.26. The van der Waals surface area contributed by atoms with Crippen molar-refractivity contribution in [3.63, 3.8) is 0 Å². The van der Waals surface area contributed by atoms with E-state index in [-0.39, 0.29) is 11.7 Å². The number of rotatable bonds is 3. The number of halogens is 1. The van der Waals surface area contributed by atoms with E-state index < -0.39 is 0 Å². The van der Waals surface area contributed by atoms with Crippen LogP contribution in [0.5, 0.6) is 0 Å². The van der Waals surface area contributed by atoms with Gasteiger partial charge in [0.25, 0.3) is 0 Å². The van der Waals surface area contributed by atoms with E-state index in [0.29, 0.717) is 5.02 Å². The second-order valence-corrected chi connectivity index (χ2v) is 4.83. The molecule has 1 aliphatic rings. The maximum absolute atomic E-state index is 11.8. The molecule has 0 bridgehead atoms. The second-order valence-electron chi connectivity index (χ2n) is 3.52. The molecule has 0 unspecified atom stereocenters. The molecule has 1 aromatic rings. The van der Waals surface area contributed by atoms with Crippen molar-refractivity contribution >= 4 is 29.1 Å². The minimum atomic E-state index is 0.253. The van der Waals surface area contributed by atoms with Gasteiger partial charge in [0.1, 0.15) is 0 Å². The van der Waals surface area contributed by atoms with Gasteiger partial charge in [-0.2, -0.15) is 0 Å². The summed E-state index contributed by atoms with van der Waals surface area (Å²) in [7, 11) is 0. The van der Waals surface area contributed by atoms with Crippen molar-refractivity contribution in [2.24, 2.45) is 5.92 Å². The Bertz CT molecular complexity index is 372. The van der Waals surface area contributed by atoms with Gasteiger partial charge in [-0.3, -0.25) is 4.79 Å². The lowest BCUT2D eigenvalue weighted by Gasteiger charge is -2.03. The van der Waals surface area contributed by atoms with E-state index in [0.717, 1.165) is 23.3 Å². The molecule has 1 aliphatic carbocycles. The van der Waals surface area contributed by atoms with Gasteiger partial charge in [0.2, 0.25) is 0 Å². The van der Waals surface area contributed by atoms with Crippen LogP contribution in [0.3, 0.4) is 0 Å². The van der Waals surface area contributed by atoms with E-state index in [9.17, 15) is 4.79 Å². The van der Waals surface area contributed by atoms with Crippen LogP contribution < -0.4 is 0 Å². The van der Waals surface area contributed by atoms with E-state index in [2.05, 4.69) is 0 Å². The lowest BCUT2D eigenvalue weighted by atomic mass is 10.1. The zero-order valence-corrected chi connectivity index (χ0v) is 9.49. The van der Waals surface area contributed by atoms with E-state index in [4.69, 9.17) is 11.6 Å². The SMILES string of the molecule is CSc1cc(Cl)cc(C(=O)C2CC2)c1. The Morgan fingerprint density at radius 3 is 2.71 bits per heavy atom. The summed E-state index contributed by atoms with van der Waals surface area (Å²) < 4.78 is 0. The van der Waals surface area contributed by atoms with Gasteiger partial charge >= 0.3 is 0 Å². The van der Waals surface area contributed by atoms with Crippen LogP contribution in [-0.2, 0) is 0 Å². The van der Waals surface area contributed by atoms with E-state index in [1.807, 2.05) is 18.4 Å². The monoisotopic (exact) mass is 226 g/mol. The van der Waals surface area contributed by atoms with Gasteiger partial charge in [-0.1, -0.05) is 11.6 Å². The minimum Gasteiger partial charge on any atom is -0.294 e. The first-order valence-corrected chi connectivity index (χ1v) is 6.20. The predicted octanol–water partition coefficient (Wildman–Crippen LogP) is 3.65. The van der Waals surface area contributed by atoms with Crippen LogP contribution in [0.4, 0.5) is 0 Å².